The number of nitrogens with one attached hydrogen (secondary N) is 2. The summed E-state index contributed by atoms with van der Waals surface area (Å²) in [6, 6.07) is 4.12. The van der Waals surface area contributed by atoms with Gasteiger partial charge in [0.05, 0.1) is 12.2 Å². The van der Waals surface area contributed by atoms with Gasteiger partial charge in [-0.15, -0.1) is 11.8 Å². The van der Waals surface area contributed by atoms with Crippen LogP contribution < -0.4 is 10.9 Å². The van der Waals surface area contributed by atoms with Gasteiger partial charge in [0.15, 0.2) is 0 Å². The first-order valence-corrected chi connectivity index (χ1v) is 9.64. The van der Waals surface area contributed by atoms with Crippen LogP contribution in [-0.4, -0.2) is 57.8 Å². The first kappa shape index (κ1) is 18.2. The summed E-state index contributed by atoms with van der Waals surface area (Å²) in [4.78, 5) is 30.2. The Morgan fingerprint density at radius 1 is 1.24 bits per heavy atom. The number of pyridine rings is 1. The first-order chi connectivity index (χ1) is 12.1. The number of piperidine rings is 1. The summed E-state index contributed by atoms with van der Waals surface area (Å²) in [6.45, 7) is 1.56. The fraction of sp³-hybridized carbons (Fsp3) is 0.588. The van der Waals surface area contributed by atoms with E-state index in [1.54, 1.807) is 24.2 Å². The highest BCUT2D eigenvalue weighted by Crippen LogP contribution is 2.26. The van der Waals surface area contributed by atoms with Crippen LogP contribution in [0.1, 0.15) is 25.7 Å². The third kappa shape index (κ3) is 5.17. The lowest BCUT2D eigenvalue weighted by Gasteiger charge is -2.34. The lowest BCUT2D eigenvalue weighted by molar-refractivity contribution is -0.137. The van der Waals surface area contributed by atoms with Gasteiger partial charge in [-0.05, 0) is 37.3 Å². The van der Waals surface area contributed by atoms with Gasteiger partial charge in [-0.1, -0.05) is 0 Å². The van der Waals surface area contributed by atoms with Gasteiger partial charge in [0, 0.05) is 42.5 Å². The normalized spacial score (nSPS) is 24.4. The number of carboxylic acids is 1. The number of aliphatic carboxylic acids is 1. The number of carbonyl (C=O) groups is 2. The molecule has 0 saturated carbocycles. The van der Waals surface area contributed by atoms with Crippen LogP contribution in [0.15, 0.2) is 29.4 Å². The van der Waals surface area contributed by atoms with Crippen molar-refractivity contribution in [3.8, 4) is 0 Å². The number of carboxylic acid groups (broad SMARTS) is 1. The number of carbonyl (C=O) groups excluding carboxylic acids is 1. The van der Waals surface area contributed by atoms with E-state index in [-0.39, 0.29) is 18.4 Å². The van der Waals surface area contributed by atoms with Crippen LogP contribution in [0.25, 0.3) is 0 Å². The molecule has 3 rings (SSSR count). The van der Waals surface area contributed by atoms with Crippen LogP contribution in [0, 0.1) is 5.92 Å². The zero-order valence-corrected chi connectivity index (χ0v) is 14.9. The average molecular weight is 364 g/mol. The average Bonchev–Trinajstić information content (AvgIpc) is 3.08. The van der Waals surface area contributed by atoms with E-state index in [1.165, 1.54) is 0 Å². The highest BCUT2D eigenvalue weighted by Gasteiger charge is 2.34. The number of hydrogen-bond acceptors (Lipinski definition) is 6. The molecular weight excluding hydrogens is 340 g/mol. The van der Waals surface area contributed by atoms with Crippen LogP contribution in [-0.2, 0) is 9.59 Å². The molecule has 1 aromatic heterocycles. The molecule has 2 unspecified atom stereocenters. The second-order valence-electron chi connectivity index (χ2n) is 6.62. The third-order valence-corrected chi connectivity index (χ3v) is 5.90. The topological polar surface area (TPSA) is 94.6 Å². The van der Waals surface area contributed by atoms with Gasteiger partial charge >= 0.3 is 5.97 Å². The Labute approximate surface area is 151 Å². The van der Waals surface area contributed by atoms with E-state index in [4.69, 9.17) is 5.11 Å². The molecule has 0 aliphatic carbocycles. The van der Waals surface area contributed by atoms with Crippen molar-refractivity contribution in [3.63, 3.8) is 0 Å². The van der Waals surface area contributed by atoms with Gasteiger partial charge in [0.1, 0.15) is 0 Å². The Hall–Kier alpha value is -1.64. The number of nitrogens with zero attached hydrogens (tertiary/aromatic N) is 2. The summed E-state index contributed by atoms with van der Waals surface area (Å²) in [5.74, 6) is 0.357. The van der Waals surface area contributed by atoms with Crippen molar-refractivity contribution in [3.05, 3.63) is 24.5 Å². The molecule has 136 valence electrons. The monoisotopic (exact) mass is 364 g/mol. The molecule has 2 aliphatic rings. The zero-order valence-electron chi connectivity index (χ0n) is 14.1. The maximum atomic E-state index is 12.4. The number of hydrogen-bond donors (Lipinski definition) is 3. The fourth-order valence-electron chi connectivity index (χ4n) is 3.53. The van der Waals surface area contributed by atoms with E-state index in [9.17, 15) is 9.59 Å². The maximum absolute atomic E-state index is 12.4. The zero-order chi connectivity index (χ0) is 17.6. The van der Waals surface area contributed by atoms with Crippen LogP contribution in [0.5, 0.6) is 0 Å². The minimum atomic E-state index is -0.771. The standard InChI is InChI=1S/C17H24N4O3S/c22-16(11-25-14-1-5-18-6-2-14)21-7-3-12(4-8-21)15-9-13(19-20-15)10-17(23)24/h1-2,5-6,12-13,15,19-20H,3-4,7-11H2,(H,23,24). The van der Waals surface area contributed by atoms with Crippen molar-refractivity contribution >= 4 is 23.6 Å². The highest BCUT2D eigenvalue weighted by molar-refractivity contribution is 8.00. The molecule has 8 heteroatoms. The molecule has 2 aliphatic heterocycles. The van der Waals surface area contributed by atoms with Crippen molar-refractivity contribution in [1.82, 2.24) is 20.7 Å². The summed E-state index contributed by atoms with van der Waals surface area (Å²) < 4.78 is 0. The molecule has 3 N–H and O–H groups in total. The SMILES string of the molecule is O=C(O)CC1CC(C2CCN(C(=O)CSc3ccncc3)CC2)NN1. The molecule has 1 amide bonds. The van der Waals surface area contributed by atoms with Crippen molar-refractivity contribution < 1.29 is 14.7 Å². The Morgan fingerprint density at radius 2 is 1.96 bits per heavy atom. The van der Waals surface area contributed by atoms with E-state index >= 15 is 0 Å². The number of thioether (sulfide) groups is 1. The number of aromatic nitrogens is 1. The predicted molar refractivity (Wildman–Crippen MR) is 95.0 cm³/mol. The second kappa shape index (κ2) is 8.64. The molecule has 0 spiro atoms. The molecule has 25 heavy (non-hydrogen) atoms. The Morgan fingerprint density at radius 3 is 2.64 bits per heavy atom. The van der Waals surface area contributed by atoms with Gasteiger partial charge < -0.3 is 10.0 Å². The third-order valence-electron chi connectivity index (χ3n) is 4.91. The fourth-order valence-corrected chi connectivity index (χ4v) is 4.31. The minimum absolute atomic E-state index is 0.000997. The van der Waals surface area contributed by atoms with Crippen LogP contribution >= 0.6 is 11.8 Å². The predicted octanol–water partition coefficient (Wildman–Crippen LogP) is 1.12. The molecule has 0 radical (unpaired) electrons. The van der Waals surface area contributed by atoms with Crippen molar-refractivity contribution in [1.29, 1.82) is 0 Å². The van der Waals surface area contributed by atoms with Gasteiger partial charge in [0.25, 0.3) is 0 Å². The Kier molecular flexibility index (Phi) is 6.28. The van der Waals surface area contributed by atoms with E-state index in [0.717, 1.165) is 37.2 Å². The van der Waals surface area contributed by atoms with Gasteiger partial charge in [-0.2, -0.15) is 0 Å². The molecule has 2 fully saturated rings. The van der Waals surface area contributed by atoms with Crippen LogP contribution in [0.3, 0.4) is 0 Å². The van der Waals surface area contributed by atoms with Gasteiger partial charge in [0.2, 0.25) is 5.91 Å². The second-order valence-corrected chi connectivity index (χ2v) is 7.66. The lowest BCUT2D eigenvalue weighted by Crippen LogP contribution is -2.45. The molecule has 7 nitrogen and oxygen atoms in total. The summed E-state index contributed by atoms with van der Waals surface area (Å²) in [5.41, 5.74) is 6.33. The van der Waals surface area contributed by atoms with Gasteiger partial charge in [-0.3, -0.25) is 25.4 Å². The number of amides is 1. The molecule has 1 aromatic rings. The quantitative estimate of drug-likeness (QED) is 0.651. The van der Waals surface area contributed by atoms with Crippen LogP contribution in [0.2, 0.25) is 0 Å². The number of rotatable bonds is 6. The first-order valence-electron chi connectivity index (χ1n) is 8.65. The van der Waals surface area contributed by atoms with E-state index in [0.29, 0.717) is 17.7 Å². The van der Waals surface area contributed by atoms with Crippen molar-refractivity contribution in [2.75, 3.05) is 18.8 Å². The minimum Gasteiger partial charge on any atom is -0.481 e. The Bertz CT molecular complexity index is 593. The Balaban J connectivity index is 1.40. The molecule has 3 heterocycles. The van der Waals surface area contributed by atoms with E-state index in [1.807, 2.05) is 17.0 Å². The molecule has 2 atom stereocenters. The van der Waals surface area contributed by atoms with Gasteiger partial charge in [-0.25, -0.2) is 0 Å². The number of hydrazine groups is 1. The largest absolute Gasteiger partial charge is 0.481 e. The van der Waals surface area contributed by atoms with Crippen molar-refractivity contribution in [2.24, 2.45) is 5.92 Å². The van der Waals surface area contributed by atoms with E-state index < -0.39 is 5.97 Å². The summed E-state index contributed by atoms with van der Waals surface area (Å²) in [5, 5.41) is 8.88. The smallest absolute Gasteiger partial charge is 0.304 e. The van der Waals surface area contributed by atoms with Crippen molar-refractivity contribution in [2.45, 2.75) is 42.7 Å². The highest BCUT2D eigenvalue weighted by atomic mass is 32.2. The maximum Gasteiger partial charge on any atom is 0.304 e. The number of likely N-dealkylation sites (tertiary alicyclic amines) is 1. The van der Waals surface area contributed by atoms with Crippen LogP contribution in [0.4, 0.5) is 0 Å². The molecule has 0 aromatic carbocycles. The van der Waals surface area contributed by atoms with E-state index in [2.05, 4.69) is 15.8 Å². The molecule has 0 bridgehead atoms. The lowest BCUT2D eigenvalue weighted by atomic mass is 9.87. The summed E-state index contributed by atoms with van der Waals surface area (Å²) in [7, 11) is 0. The molecule has 2 saturated heterocycles. The molecular formula is C17H24N4O3S. The summed E-state index contributed by atoms with van der Waals surface area (Å²) >= 11 is 1.55. The summed E-state index contributed by atoms with van der Waals surface area (Å²) in [6.07, 6.45) is 6.38.